The van der Waals surface area contributed by atoms with E-state index in [9.17, 15) is 10.1 Å². The van der Waals surface area contributed by atoms with Crippen LogP contribution in [-0.2, 0) is 0 Å². The quantitative estimate of drug-likeness (QED) is 0.465. The van der Waals surface area contributed by atoms with Gasteiger partial charge in [-0.1, -0.05) is 31.9 Å². The van der Waals surface area contributed by atoms with Crippen molar-refractivity contribution >= 4 is 37.5 Å². The average Bonchev–Trinajstić information content (AvgIpc) is 2.52. The van der Waals surface area contributed by atoms with Crippen LogP contribution in [0.5, 0.6) is 11.5 Å². The van der Waals surface area contributed by atoms with Crippen LogP contribution in [0.15, 0.2) is 39.3 Å². The summed E-state index contributed by atoms with van der Waals surface area (Å²) >= 11 is 6.62. The van der Waals surface area contributed by atoms with Crippen molar-refractivity contribution in [2.45, 2.75) is 13.8 Å². The fraction of sp³-hybridized carbons (Fsp3) is 0.250. The summed E-state index contributed by atoms with van der Waals surface area (Å²) in [5.74, 6) is 1.19. The standard InChI is InChI=1S/C8H8BrNO3.C8H9BrO/c1-5-3-8(13-2)7(10(11)12)4-6(5)9;1-6-5-7(10-2)3-4-8(6)9/h3-4H,1-2H3;3-5H,1-2H3. The molecular formula is C16H17Br2NO4. The molecule has 124 valence electrons. The predicted octanol–water partition coefficient (Wildman–Crippen LogP) is 5.44. The minimum atomic E-state index is -0.469. The summed E-state index contributed by atoms with van der Waals surface area (Å²) in [6.07, 6.45) is 0. The Kier molecular flexibility index (Phi) is 7.51. The number of hydrogen-bond acceptors (Lipinski definition) is 4. The highest BCUT2D eigenvalue weighted by Crippen LogP contribution is 2.32. The summed E-state index contributed by atoms with van der Waals surface area (Å²) in [5, 5.41) is 10.5. The molecule has 2 rings (SSSR count). The lowest BCUT2D eigenvalue weighted by Crippen LogP contribution is -1.94. The monoisotopic (exact) mass is 445 g/mol. The highest BCUT2D eigenvalue weighted by atomic mass is 79.9. The second-order valence-corrected chi connectivity index (χ2v) is 6.35. The molecule has 0 N–H and O–H groups in total. The first-order valence-corrected chi connectivity index (χ1v) is 8.17. The number of halogens is 2. The number of nitro groups is 1. The summed E-state index contributed by atoms with van der Waals surface area (Å²) < 4.78 is 11.7. The van der Waals surface area contributed by atoms with Crippen molar-refractivity contribution in [3.8, 4) is 11.5 Å². The normalized spacial score (nSPS) is 9.65. The first-order valence-electron chi connectivity index (χ1n) is 6.58. The summed E-state index contributed by atoms with van der Waals surface area (Å²) in [6, 6.07) is 8.96. The van der Waals surface area contributed by atoms with E-state index in [0.29, 0.717) is 4.47 Å². The minimum absolute atomic E-state index is 0.0278. The molecule has 0 saturated carbocycles. The van der Waals surface area contributed by atoms with Crippen LogP contribution in [0, 0.1) is 24.0 Å². The molecule has 0 amide bonds. The maximum Gasteiger partial charge on any atom is 0.312 e. The van der Waals surface area contributed by atoms with Crippen LogP contribution in [-0.4, -0.2) is 19.1 Å². The molecule has 0 radical (unpaired) electrons. The molecule has 0 aromatic heterocycles. The number of methoxy groups -OCH3 is 2. The molecule has 0 unspecified atom stereocenters. The van der Waals surface area contributed by atoms with Crippen molar-refractivity contribution in [3.63, 3.8) is 0 Å². The van der Waals surface area contributed by atoms with Crippen LogP contribution >= 0.6 is 31.9 Å². The number of nitrogens with zero attached hydrogens (tertiary/aromatic N) is 1. The Morgan fingerprint density at radius 2 is 1.57 bits per heavy atom. The summed E-state index contributed by atoms with van der Waals surface area (Å²) in [7, 11) is 3.08. The fourth-order valence-electron chi connectivity index (χ4n) is 1.69. The zero-order chi connectivity index (χ0) is 17.6. The molecular weight excluding hydrogens is 430 g/mol. The molecule has 5 nitrogen and oxygen atoms in total. The third-order valence-corrected chi connectivity index (χ3v) is 4.77. The first kappa shape index (κ1) is 19.4. The van der Waals surface area contributed by atoms with Crippen LogP contribution in [0.25, 0.3) is 0 Å². The van der Waals surface area contributed by atoms with Crippen molar-refractivity contribution < 1.29 is 14.4 Å². The molecule has 0 fully saturated rings. The van der Waals surface area contributed by atoms with E-state index in [2.05, 4.69) is 31.9 Å². The smallest absolute Gasteiger partial charge is 0.312 e. The van der Waals surface area contributed by atoms with E-state index in [4.69, 9.17) is 9.47 Å². The number of nitro benzene ring substituents is 1. The van der Waals surface area contributed by atoms with Gasteiger partial charge in [0.1, 0.15) is 5.75 Å². The summed E-state index contributed by atoms with van der Waals surface area (Å²) in [6.45, 7) is 3.88. The maximum atomic E-state index is 10.5. The molecule has 0 spiro atoms. The number of aryl methyl sites for hydroxylation is 2. The van der Waals surface area contributed by atoms with Crippen LogP contribution in [0.1, 0.15) is 11.1 Å². The highest BCUT2D eigenvalue weighted by Gasteiger charge is 2.16. The predicted molar refractivity (Wildman–Crippen MR) is 97.5 cm³/mol. The van der Waals surface area contributed by atoms with Gasteiger partial charge in [-0.15, -0.1) is 0 Å². The minimum Gasteiger partial charge on any atom is -0.497 e. The Bertz CT molecular complexity index is 705. The van der Waals surface area contributed by atoms with Gasteiger partial charge in [0, 0.05) is 15.0 Å². The second kappa shape index (κ2) is 8.88. The van der Waals surface area contributed by atoms with Crippen LogP contribution in [0.2, 0.25) is 0 Å². The molecule has 23 heavy (non-hydrogen) atoms. The Balaban J connectivity index is 0.000000238. The van der Waals surface area contributed by atoms with Crippen LogP contribution < -0.4 is 9.47 Å². The molecule has 0 aliphatic rings. The lowest BCUT2D eigenvalue weighted by molar-refractivity contribution is -0.385. The Hall–Kier alpha value is -1.60. The highest BCUT2D eigenvalue weighted by molar-refractivity contribution is 9.10. The average molecular weight is 447 g/mol. The van der Waals surface area contributed by atoms with Crippen molar-refractivity contribution in [2.75, 3.05) is 14.2 Å². The zero-order valence-electron chi connectivity index (χ0n) is 13.2. The molecule has 2 aromatic rings. The van der Waals surface area contributed by atoms with E-state index in [1.54, 1.807) is 13.2 Å². The third-order valence-electron chi connectivity index (χ3n) is 3.02. The molecule has 0 heterocycles. The Morgan fingerprint density at radius 1 is 0.957 bits per heavy atom. The Morgan fingerprint density at radius 3 is 2.04 bits per heavy atom. The Labute approximate surface area is 152 Å². The van der Waals surface area contributed by atoms with E-state index in [1.165, 1.54) is 18.7 Å². The third kappa shape index (κ3) is 5.51. The SMILES string of the molecule is COc1cc(C)c(Br)cc1[N+](=O)[O-].COc1ccc(Br)c(C)c1. The molecule has 0 atom stereocenters. The number of benzene rings is 2. The maximum absolute atomic E-state index is 10.5. The fourth-order valence-corrected chi connectivity index (χ4v) is 2.27. The van der Waals surface area contributed by atoms with Gasteiger partial charge in [-0.3, -0.25) is 10.1 Å². The number of ether oxygens (including phenoxy) is 2. The largest absolute Gasteiger partial charge is 0.497 e. The molecule has 7 heteroatoms. The number of hydrogen-bond donors (Lipinski definition) is 0. The zero-order valence-corrected chi connectivity index (χ0v) is 16.4. The van der Waals surface area contributed by atoms with Gasteiger partial charge >= 0.3 is 5.69 Å². The van der Waals surface area contributed by atoms with Gasteiger partial charge in [0.2, 0.25) is 0 Å². The van der Waals surface area contributed by atoms with Gasteiger partial charge in [0.15, 0.2) is 5.75 Å². The van der Waals surface area contributed by atoms with Crippen molar-refractivity contribution in [3.05, 3.63) is 60.5 Å². The molecule has 0 saturated heterocycles. The van der Waals surface area contributed by atoms with Crippen LogP contribution in [0.4, 0.5) is 5.69 Å². The van der Waals surface area contributed by atoms with Gasteiger partial charge in [-0.2, -0.15) is 0 Å². The number of rotatable bonds is 3. The van der Waals surface area contributed by atoms with Crippen LogP contribution in [0.3, 0.4) is 0 Å². The van der Waals surface area contributed by atoms with Gasteiger partial charge in [-0.05, 0) is 49.2 Å². The molecule has 0 bridgehead atoms. The van der Waals surface area contributed by atoms with E-state index in [0.717, 1.165) is 15.8 Å². The van der Waals surface area contributed by atoms with Crippen molar-refractivity contribution in [1.29, 1.82) is 0 Å². The molecule has 0 aliphatic heterocycles. The molecule has 0 aliphatic carbocycles. The van der Waals surface area contributed by atoms with Gasteiger partial charge < -0.3 is 9.47 Å². The lowest BCUT2D eigenvalue weighted by Gasteiger charge is -2.03. The first-order chi connectivity index (χ1) is 10.8. The van der Waals surface area contributed by atoms with Crippen molar-refractivity contribution in [1.82, 2.24) is 0 Å². The second-order valence-electron chi connectivity index (χ2n) is 4.65. The van der Waals surface area contributed by atoms with E-state index < -0.39 is 4.92 Å². The summed E-state index contributed by atoms with van der Waals surface area (Å²) in [4.78, 5) is 10.1. The van der Waals surface area contributed by atoms with E-state index >= 15 is 0 Å². The lowest BCUT2D eigenvalue weighted by atomic mass is 10.2. The topological polar surface area (TPSA) is 61.6 Å². The summed E-state index contributed by atoms with van der Waals surface area (Å²) in [5.41, 5.74) is 2.07. The van der Waals surface area contributed by atoms with Gasteiger partial charge in [0.25, 0.3) is 0 Å². The molecule has 2 aromatic carbocycles. The van der Waals surface area contributed by atoms with Gasteiger partial charge in [0.05, 0.1) is 19.1 Å². The van der Waals surface area contributed by atoms with E-state index in [-0.39, 0.29) is 11.4 Å². The van der Waals surface area contributed by atoms with Gasteiger partial charge in [-0.25, -0.2) is 0 Å². The van der Waals surface area contributed by atoms with Crippen molar-refractivity contribution in [2.24, 2.45) is 0 Å². The van der Waals surface area contributed by atoms with E-state index in [1.807, 2.05) is 32.0 Å².